The SMILES string of the molecule is CCCCC/C=C\C/C=C\C/C=C\C/C=C\CCCCCC(=O)OC[C@H](COC(=O)CCCC/C=C\C/C=C\C/C=C\CCCCC)OC(=O)CCCCCCCCCCC/C=C\C/C=C\CCCCC. The molecular formula is C65H108O6. The lowest BCUT2D eigenvalue weighted by Gasteiger charge is -2.18. The van der Waals surface area contributed by atoms with Crippen LogP contribution < -0.4 is 0 Å². The van der Waals surface area contributed by atoms with Gasteiger partial charge in [-0.3, -0.25) is 14.4 Å². The molecule has 6 nitrogen and oxygen atoms in total. The molecule has 0 aromatic rings. The van der Waals surface area contributed by atoms with Gasteiger partial charge in [-0.25, -0.2) is 0 Å². The molecule has 0 saturated carbocycles. The average Bonchev–Trinajstić information content (AvgIpc) is 3.37. The van der Waals surface area contributed by atoms with Gasteiger partial charge in [0.05, 0.1) is 0 Å². The van der Waals surface area contributed by atoms with Gasteiger partial charge in [-0.15, -0.1) is 0 Å². The zero-order chi connectivity index (χ0) is 51.4. The summed E-state index contributed by atoms with van der Waals surface area (Å²) in [6.45, 7) is 6.50. The third-order valence-electron chi connectivity index (χ3n) is 12.2. The highest BCUT2D eigenvalue weighted by molar-refractivity contribution is 5.71. The lowest BCUT2D eigenvalue weighted by atomic mass is 10.1. The van der Waals surface area contributed by atoms with E-state index in [2.05, 4.69) is 130 Å². The minimum Gasteiger partial charge on any atom is -0.462 e. The smallest absolute Gasteiger partial charge is 0.306 e. The molecule has 404 valence electrons. The van der Waals surface area contributed by atoms with Crippen molar-refractivity contribution in [3.8, 4) is 0 Å². The third kappa shape index (κ3) is 56.9. The number of esters is 3. The summed E-state index contributed by atoms with van der Waals surface area (Å²) in [5, 5.41) is 0. The highest BCUT2D eigenvalue weighted by Crippen LogP contribution is 2.14. The number of carbonyl (C=O) groups excluding carboxylic acids is 3. The van der Waals surface area contributed by atoms with Crippen LogP contribution in [0, 0.1) is 0 Å². The fourth-order valence-corrected chi connectivity index (χ4v) is 7.76. The quantitative estimate of drug-likeness (QED) is 0.0261. The second-order valence-electron chi connectivity index (χ2n) is 19.2. The first-order chi connectivity index (χ1) is 35.0. The predicted molar refractivity (Wildman–Crippen MR) is 307 cm³/mol. The number of ether oxygens (including phenoxy) is 3. The molecule has 0 aromatic heterocycles. The Hall–Kier alpha value is -3.93. The van der Waals surface area contributed by atoms with Gasteiger partial charge >= 0.3 is 17.9 Å². The highest BCUT2D eigenvalue weighted by Gasteiger charge is 2.19. The Labute approximate surface area is 438 Å². The maximum absolute atomic E-state index is 12.9. The van der Waals surface area contributed by atoms with Gasteiger partial charge in [0, 0.05) is 19.3 Å². The monoisotopic (exact) mass is 985 g/mol. The molecule has 1 atom stereocenters. The van der Waals surface area contributed by atoms with E-state index < -0.39 is 6.10 Å². The molecule has 0 aliphatic rings. The Bertz CT molecular complexity index is 1460. The summed E-state index contributed by atoms with van der Waals surface area (Å²) in [6, 6.07) is 0. The number of unbranched alkanes of at least 4 members (excludes halogenated alkanes) is 23. The molecule has 0 radical (unpaired) electrons. The molecule has 0 amide bonds. The Kier molecular flexibility index (Phi) is 55.4. The number of allylic oxidation sites excluding steroid dienone is 18. The standard InChI is InChI=1S/C65H108O6/c1-4-7-10-13-16-19-22-25-28-30-32-34-37-40-43-46-49-52-55-58-64(67)70-61-62(60-69-63(66)57-54-51-48-45-42-39-36-27-24-21-18-15-12-9-6-3)71-65(68)59-56-53-50-47-44-41-38-35-33-31-29-26-23-20-17-14-11-8-5-2/h16-21,25-29,32,34,36,40,42-43,45,62H,4-15,22-24,30-31,33,35,37-39,41,44,46-61H2,1-3H3/b19-16-,20-17-,21-18-,28-25-,29-26-,34-32-,36-27-,43-40-,45-42-/t62-/m0/s1. The van der Waals surface area contributed by atoms with Crippen LogP contribution in [0.4, 0.5) is 0 Å². The van der Waals surface area contributed by atoms with Gasteiger partial charge in [0.15, 0.2) is 6.10 Å². The van der Waals surface area contributed by atoms with E-state index in [4.69, 9.17) is 14.2 Å². The van der Waals surface area contributed by atoms with Crippen molar-refractivity contribution >= 4 is 17.9 Å². The van der Waals surface area contributed by atoms with Gasteiger partial charge in [-0.2, -0.15) is 0 Å². The molecule has 0 fully saturated rings. The van der Waals surface area contributed by atoms with Crippen molar-refractivity contribution in [1.82, 2.24) is 0 Å². The maximum atomic E-state index is 12.9. The first-order valence-corrected chi connectivity index (χ1v) is 29.4. The van der Waals surface area contributed by atoms with Crippen molar-refractivity contribution in [2.24, 2.45) is 0 Å². The molecule has 0 heterocycles. The minimum atomic E-state index is -0.812. The molecule has 6 heteroatoms. The molecule has 0 bridgehead atoms. The van der Waals surface area contributed by atoms with E-state index in [9.17, 15) is 14.4 Å². The predicted octanol–water partition coefficient (Wildman–Crippen LogP) is 19.9. The average molecular weight is 986 g/mol. The lowest BCUT2D eigenvalue weighted by Crippen LogP contribution is -2.30. The van der Waals surface area contributed by atoms with Crippen molar-refractivity contribution in [2.75, 3.05) is 13.2 Å². The van der Waals surface area contributed by atoms with Crippen LogP contribution in [0.25, 0.3) is 0 Å². The number of hydrogen-bond donors (Lipinski definition) is 0. The summed E-state index contributed by atoms with van der Waals surface area (Å²) in [6.07, 6.45) is 79.3. The van der Waals surface area contributed by atoms with Crippen molar-refractivity contribution < 1.29 is 28.6 Å². The molecule has 0 aliphatic carbocycles. The minimum absolute atomic E-state index is 0.110. The molecule has 0 spiro atoms. The summed E-state index contributed by atoms with van der Waals surface area (Å²) >= 11 is 0. The molecule has 71 heavy (non-hydrogen) atoms. The highest BCUT2D eigenvalue weighted by atomic mass is 16.6. The van der Waals surface area contributed by atoms with Crippen LogP contribution in [0.15, 0.2) is 109 Å². The Balaban J connectivity index is 4.51. The Morgan fingerprint density at radius 3 is 0.831 bits per heavy atom. The van der Waals surface area contributed by atoms with Gasteiger partial charge in [0.1, 0.15) is 13.2 Å². The van der Waals surface area contributed by atoms with Crippen molar-refractivity contribution in [3.63, 3.8) is 0 Å². The fourth-order valence-electron chi connectivity index (χ4n) is 7.76. The lowest BCUT2D eigenvalue weighted by molar-refractivity contribution is -0.167. The fraction of sp³-hybridized carbons (Fsp3) is 0.677. The van der Waals surface area contributed by atoms with E-state index in [-0.39, 0.29) is 31.1 Å². The summed E-state index contributed by atoms with van der Waals surface area (Å²) < 4.78 is 16.8. The first-order valence-electron chi connectivity index (χ1n) is 29.4. The molecule has 0 rings (SSSR count). The molecule has 0 saturated heterocycles. The van der Waals surface area contributed by atoms with E-state index in [1.165, 1.54) is 122 Å². The second kappa shape index (κ2) is 58.6. The zero-order valence-corrected chi connectivity index (χ0v) is 46.2. The first kappa shape index (κ1) is 67.1. The Morgan fingerprint density at radius 1 is 0.282 bits per heavy atom. The van der Waals surface area contributed by atoms with Crippen LogP contribution in [0.3, 0.4) is 0 Å². The number of rotatable bonds is 52. The summed E-state index contributed by atoms with van der Waals surface area (Å²) in [5.41, 5.74) is 0. The number of hydrogen-bond acceptors (Lipinski definition) is 6. The van der Waals surface area contributed by atoms with Crippen molar-refractivity contribution in [3.05, 3.63) is 109 Å². The Morgan fingerprint density at radius 2 is 0.507 bits per heavy atom. The van der Waals surface area contributed by atoms with E-state index >= 15 is 0 Å². The number of carbonyl (C=O) groups is 3. The van der Waals surface area contributed by atoms with E-state index in [0.29, 0.717) is 19.3 Å². The van der Waals surface area contributed by atoms with Gasteiger partial charge in [-0.1, -0.05) is 220 Å². The van der Waals surface area contributed by atoms with Crippen LogP contribution in [0.5, 0.6) is 0 Å². The summed E-state index contributed by atoms with van der Waals surface area (Å²) in [5.74, 6) is -0.979. The van der Waals surface area contributed by atoms with Crippen LogP contribution in [-0.2, 0) is 28.6 Å². The van der Waals surface area contributed by atoms with Gasteiger partial charge < -0.3 is 14.2 Å². The van der Waals surface area contributed by atoms with E-state index in [1.807, 2.05) is 0 Å². The van der Waals surface area contributed by atoms with Crippen LogP contribution in [0.2, 0.25) is 0 Å². The van der Waals surface area contributed by atoms with Gasteiger partial charge in [0.25, 0.3) is 0 Å². The second-order valence-corrected chi connectivity index (χ2v) is 19.2. The van der Waals surface area contributed by atoms with Crippen molar-refractivity contribution in [2.45, 2.75) is 271 Å². The maximum Gasteiger partial charge on any atom is 0.306 e. The van der Waals surface area contributed by atoms with E-state index in [1.54, 1.807) is 0 Å². The van der Waals surface area contributed by atoms with Crippen LogP contribution in [0.1, 0.15) is 265 Å². The molecule has 0 unspecified atom stereocenters. The molecule has 0 aromatic carbocycles. The molecule has 0 aliphatic heterocycles. The summed E-state index contributed by atoms with van der Waals surface area (Å²) in [4.78, 5) is 38.2. The van der Waals surface area contributed by atoms with Crippen LogP contribution >= 0.6 is 0 Å². The van der Waals surface area contributed by atoms with Crippen molar-refractivity contribution in [1.29, 1.82) is 0 Å². The molecule has 0 N–H and O–H groups in total. The molecular weight excluding hydrogens is 877 g/mol. The summed E-state index contributed by atoms with van der Waals surface area (Å²) in [7, 11) is 0. The van der Waals surface area contributed by atoms with Gasteiger partial charge in [0.2, 0.25) is 0 Å². The third-order valence-corrected chi connectivity index (χ3v) is 12.2. The topological polar surface area (TPSA) is 78.9 Å². The normalized spacial score (nSPS) is 12.9. The van der Waals surface area contributed by atoms with Gasteiger partial charge in [-0.05, 0) is 135 Å². The zero-order valence-electron chi connectivity index (χ0n) is 46.2. The van der Waals surface area contributed by atoms with E-state index in [0.717, 1.165) is 103 Å². The largest absolute Gasteiger partial charge is 0.462 e. The van der Waals surface area contributed by atoms with Crippen LogP contribution in [-0.4, -0.2) is 37.2 Å².